The zero-order valence-corrected chi connectivity index (χ0v) is 16.7. The predicted molar refractivity (Wildman–Crippen MR) is 100.0 cm³/mol. The summed E-state index contributed by atoms with van der Waals surface area (Å²) in [7, 11) is -3.61. The highest BCUT2D eigenvalue weighted by molar-refractivity contribution is 7.92. The topological polar surface area (TPSA) is 66.5 Å². The molecule has 7 heteroatoms. The summed E-state index contributed by atoms with van der Waals surface area (Å²) >= 11 is 6.09. The van der Waals surface area contributed by atoms with Crippen molar-refractivity contribution in [1.29, 1.82) is 0 Å². The quantitative estimate of drug-likeness (QED) is 0.796. The number of hydrogen-bond donors (Lipinski definition) is 1. The zero-order valence-electron chi connectivity index (χ0n) is 15.1. The average Bonchev–Trinajstić information content (AvgIpc) is 2.43. The standard InChI is InChI=1S/C17H27ClN2O3S/c1-11(2)17(12(3)4)19-16(21)10-20(24(6,22)23)14-8-7-13(5)15(18)9-14/h7-9,11-12,17H,10H2,1-6H3,(H,19,21). The molecular formula is C17H27ClN2O3S. The number of nitrogens with zero attached hydrogens (tertiary/aromatic N) is 1. The van der Waals surface area contributed by atoms with Gasteiger partial charge in [-0.15, -0.1) is 0 Å². The van der Waals surface area contributed by atoms with E-state index < -0.39 is 10.0 Å². The summed E-state index contributed by atoms with van der Waals surface area (Å²) in [5.41, 5.74) is 1.23. The van der Waals surface area contributed by atoms with Crippen LogP contribution in [0.1, 0.15) is 33.3 Å². The molecule has 1 N–H and O–H groups in total. The van der Waals surface area contributed by atoms with Crippen LogP contribution < -0.4 is 9.62 Å². The lowest BCUT2D eigenvalue weighted by Crippen LogP contribution is -2.47. The summed E-state index contributed by atoms with van der Waals surface area (Å²) in [6.07, 6.45) is 1.08. The first-order chi connectivity index (χ1) is 10.9. The second kappa shape index (κ2) is 8.21. The fraction of sp³-hybridized carbons (Fsp3) is 0.588. The fourth-order valence-electron chi connectivity index (χ4n) is 2.60. The van der Waals surface area contributed by atoms with E-state index in [0.717, 1.165) is 16.1 Å². The molecular weight excluding hydrogens is 348 g/mol. The second-order valence-corrected chi connectivity index (χ2v) is 9.10. The SMILES string of the molecule is Cc1ccc(N(CC(=O)NC(C(C)C)C(C)C)S(C)(=O)=O)cc1Cl. The van der Waals surface area contributed by atoms with Crippen molar-refractivity contribution in [2.75, 3.05) is 17.1 Å². The van der Waals surface area contributed by atoms with Gasteiger partial charge in [0.1, 0.15) is 6.54 Å². The number of rotatable bonds is 7. The monoisotopic (exact) mass is 374 g/mol. The van der Waals surface area contributed by atoms with Crippen LogP contribution in [0.2, 0.25) is 5.02 Å². The van der Waals surface area contributed by atoms with Crippen LogP contribution in [-0.2, 0) is 14.8 Å². The van der Waals surface area contributed by atoms with Gasteiger partial charge in [-0.2, -0.15) is 0 Å². The molecule has 0 bridgehead atoms. The zero-order chi connectivity index (χ0) is 18.7. The molecule has 136 valence electrons. The molecule has 0 radical (unpaired) electrons. The Morgan fingerprint density at radius 2 is 1.75 bits per heavy atom. The summed E-state index contributed by atoms with van der Waals surface area (Å²) in [6.45, 7) is 9.67. The van der Waals surface area contributed by atoms with Crippen LogP contribution in [0.4, 0.5) is 5.69 Å². The van der Waals surface area contributed by atoms with Crippen LogP contribution in [0.25, 0.3) is 0 Å². The smallest absolute Gasteiger partial charge is 0.241 e. The molecule has 1 amide bonds. The minimum Gasteiger partial charge on any atom is -0.351 e. The van der Waals surface area contributed by atoms with Crippen molar-refractivity contribution in [2.24, 2.45) is 11.8 Å². The first-order valence-electron chi connectivity index (χ1n) is 7.96. The Morgan fingerprint density at radius 3 is 2.17 bits per heavy atom. The molecule has 0 aliphatic rings. The molecule has 0 aliphatic heterocycles. The highest BCUT2D eigenvalue weighted by Gasteiger charge is 2.25. The lowest BCUT2D eigenvalue weighted by molar-refractivity contribution is -0.121. The number of benzene rings is 1. The maximum Gasteiger partial charge on any atom is 0.241 e. The number of sulfonamides is 1. The van der Waals surface area contributed by atoms with Gasteiger partial charge >= 0.3 is 0 Å². The largest absolute Gasteiger partial charge is 0.351 e. The minimum absolute atomic E-state index is 0.0134. The molecule has 0 atom stereocenters. The summed E-state index contributed by atoms with van der Waals surface area (Å²) in [5, 5.41) is 3.40. The molecule has 0 spiro atoms. The third-order valence-corrected chi connectivity index (χ3v) is 5.44. The maximum atomic E-state index is 12.4. The van der Waals surface area contributed by atoms with E-state index in [1.54, 1.807) is 18.2 Å². The first kappa shape index (κ1) is 20.8. The van der Waals surface area contributed by atoms with E-state index in [4.69, 9.17) is 11.6 Å². The number of hydrogen-bond acceptors (Lipinski definition) is 3. The van der Waals surface area contributed by atoms with Crippen molar-refractivity contribution in [3.8, 4) is 0 Å². The summed E-state index contributed by atoms with van der Waals surface area (Å²) in [5.74, 6) is 0.188. The van der Waals surface area contributed by atoms with Gasteiger partial charge in [-0.25, -0.2) is 8.42 Å². The molecule has 0 unspecified atom stereocenters. The predicted octanol–water partition coefficient (Wildman–Crippen LogP) is 3.21. The number of anilines is 1. The van der Waals surface area contributed by atoms with Gasteiger partial charge in [-0.05, 0) is 36.5 Å². The molecule has 24 heavy (non-hydrogen) atoms. The van der Waals surface area contributed by atoms with Gasteiger partial charge in [0, 0.05) is 11.1 Å². The fourth-order valence-corrected chi connectivity index (χ4v) is 3.63. The van der Waals surface area contributed by atoms with E-state index >= 15 is 0 Å². The van der Waals surface area contributed by atoms with Crippen molar-refractivity contribution in [3.05, 3.63) is 28.8 Å². The molecule has 0 fully saturated rings. The molecule has 1 aromatic carbocycles. The minimum atomic E-state index is -3.61. The van der Waals surface area contributed by atoms with Crippen molar-refractivity contribution in [2.45, 2.75) is 40.7 Å². The number of nitrogens with one attached hydrogen (secondary N) is 1. The molecule has 0 saturated carbocycles. The third-order valence-electron chi connectivity index (χ3n) is 3.90. The van der Waals surface area contributed by atoms with Crippen molar-refractivity contribution in [3.63, 3.8) is 0 Å². The number of halogens is 1. The molecule has 0 heterocycles. The van der Waals surface area contributed by atoms with Crippen LogP contribution in [-0.4, -0.2) is 33.2 Å². The van der Waals surface area contributed by atoms with Crippen LogP contribution in [0.15, 0.2) is 18.2 Å². The number of carbonyl (C=O) groups is 1. The van der Waals surface area contributed by atoms with Gasteiger partial charge in [-0.3, -0.25) is 9.10 Å². The normalized spacial score (nSPS) is 12.1. The number of carbonyl (C=O) groups excluding carboxylic acids is 1. The molecule has 1 aromatic rings. The Kier molecular flexibility index (Phi) is 7.10. The van der Waals surface area contributed by atoms with Gasteiger partial charge in [0.2, 0.25) is 15.9 Å². The lowest BCUT2D eigenvalue weighted by Gasteiger charge is -2.28. The first-order valence-corrected chi connectivity index (χ1v) is 10.2. The van der Waals surface area contributed by atoms with E-state index in [1.165, 1.54) is 0 Å². The van der Waals surface area contributed by atoms with Crippen molar-refractivity contribution < 1.29 is 13.2 Å². The highest BCUT2D eigenvalue weighted by Crippen LogP contribution is 2.24. The molecule has 0 saturated heterocycles. The van der Waals surface area contributed by atoms with Gasteiger partial charge in [0.15, 0.2) is 0 Å². The lowest BCUT2D eigenvalue weighted by atomic mass is 9.93. The van der Waals surface area contributed by atoms with Crippen molar-refractivity contribution >= 4 is 33.2 Å². The van der Waals surface area contributed by atoms with E-state index in [2.05, 4.69) is 5.32 Å². The van der Waals surface area contributed by atoms with E-state index in [0.29, 0.717) is 10.7 Å². The van der Waals surface area contributed by atoms with Gasteiger partial charge in [0.05, 0.1) is 11.9 Å². The van der Waals surface area contributed by atoms with Gasteiger partial charge < -0.3 is 5.32 Å². The van der Waals surface area contributed by atoms with Gasteiger partial charge in [0.25, 0.3) is 0 Å². The summed E-state index contributed by atoms with van der Waals surface area (Å²) in [6, 6.07) is 4.94. The Morgan fingerprint density at radius 1 is 1.21 bits per heavy atom. The number of amides is 1. The highest BCUT2D eigenvalue weighted by atomic mass is 35.5. The van der Waals surface area contributed by atoms with E-state index in [1.807, 2.05) is 34.6 Å². The second-order valence-electron chi connectivity index (χ2n) is 6.78. The van der Waals surface area contributed by atoms with E-state index in [9.17, 15) is 13.2 Å². The molecule has 1 rings (SSSR count). The Labute approximate surface area is 150 Å². The van der Waals surface area contributed by atoms with Crippen LogP contribution in [0, 0.1) is 18.8 Å². The Hall–Kier alpha value is -1.27. The Bertz CT molecular complexity index is 679. The van der Waals surface area contributed by atoms with Crippen LogP contribution in [0.3, 0.4) is 0 Å². The molecule has 5 nitrogen and oxygen atoms in total. The summed E-state index contributed by atoms with van der Waals surface area (Å²) in [4.78, 5) is 12.4. The maximum absolute atomic E-state index is 12.4. The average molecular weight is 375 g/mol. The third kappa shape index (κ3) is 5.67. The molecule has 0 aromatic heterocycles. The Balaban J connectivity index is 3.03. The van der Waals surface area contributed by atoms with Gasteiger partial charge in [-0.1, -0.05) is 45.4 Å². The van der Waals surface area contributed by atoms with Crippen molar-refractivity contribution in [1.82, 2.24) is 5.32 Å². The summed E-state index contributed by atoms with van der Waals surface area (Å²) < 4.78 is 25.3. The number of aryl methyl sites for hydroxylation is 1. The van der Waals surface area contributed by atoms with Crippen LogP contribution >= 0.6 is 11.6 Å². The van der Waals surface area contributed by atoms with E-state index in [-0.39, 0.29) is 30.3 Å². The van der Waals surface area contributed by atoms with Crippen LogP contribution in [0.5, 0.6) is 0 Å². The molecule has 0 aliphatic carbocycles.